The maximum Gasteiger partial charge on any atom is 0.229 e. The highest BCUT2D eigenvalue weighted by Crippen LogP contribution is 2.18. The average molecular weight is 316 g/mol. The lowest BCUT2D eigenvalue weighted by molar-refractivity contribution is -0.892. The summed E-state index contributed by atoms with van der Waals surface area (Å²) in [5.41, 5.74) is 2.76. The van der Waals surface area contributed by atoms with Gasteiger partial charge in [-0.2, -0.15) is 10.1 Å². The number of likely N-dealkylation sites (tertiary alicyclic amines) is 1. The molecule has 0 spiro atoms. The van der Waals surface area contributed by atoms with Gasteiger partial charge in [-0.25, -0.2) is 5.10 Å². The lowest BCUT2D eigenvalue weighted by Crippen LogP contribution is -3.13. The van der Waals surface area contributed by atoms with Crippen LogP contribution in [0.3, 0.4) is 0 Å². The Labute approximate surface area is 136 Å². The number of nitrogens with zero attached hydrogens (tertiary/aromatic N) is 3. The van der Waals surface area contributed by atoms with Crippen molar-refractivity contribution in [1.29, 1.82) is 0 Å². The fourth-order valence-electron chi connectivity index (χ4n) is 3.58. The normalized spacial score (nSPS) is 17.0. The van der Waals surface area contributed by atoms with E-state index in [1.165, 1.54) is 43.3 Å². The van der Waals surface area contributed by atoms with Crippen molar-refractivity contribution < 1.29 is 9.69 Å². The molecule has 0 bridgehead atoms. The number of Topliss-reactive ketones (excluding diaryl/α,β-unsaturated/α-hetero) is 1. The van der Waals surface area contributed by atoms with Gasteiger partial charge in [-0.05, 0) is 45.6 Å². The summed E-state index contributed by atoms with van der Waals surface area (Å²) in [6.45, 7) is 6.81. The maximum atomic E-state index is 12.8. The largest absolute Gasteiger partial charge is 0.328 e. The fourth-order valence-corrected chi connectivity index (χ4v) is 3.58. The molecule has 0 radical (unpaired) electrons. The van der Waals surface area contributed by atoms with Crippen LogP contribution in [-0.2, 0) is 0 Å². The molecule has 124 valence electrons. The number of nitrogens with one attached hydrogen (secondary N) is 2. The summed E-state index contributed by atoms with van der Waals surface area (Å²) in [7, 11) is 0. The van der Waals surface area contributed by atoms with Crippen molar-refractivity contribution in [2.24, 2.45) is 0 Å². The number of aromatic amines is 1. The third kappa shape index (κ3) is 3.52. The van der Waals surface area contributed by atoms with Crippen LogP contribution in [0.1, 0.15) is 53.8 Å². The van der Waals surface area contributed by atoms with Crippen molar-refractivity contribution in [3.05, 3.63) is 29.3 Å². The van der Waals surface area contributed by atoms with E-state index in [2.05, 4.69) is 15.2 Å². The van der Waals surface area contributed by atoms with Crippen molar-refractivity contribution in [2.45, 2.75) is 46.0 Å². The molecule has 0 atom stereocenters. The molecule has 2 aromatic heterocycles. The smallest absolute Gasteiger partial charge is 0.229 e. The number of aryl methyl sites for hydroxylation is 1. The number of rotatable bonds is 4. The highest BCUT2D eigenvalue weighted by Gasteiger charge is 2.22. The zero-order valence-corrected chi connectivity index (χ0v) is 14.1. The number of hydrogen-bond acceptors (Lipinski definition) is 3. The van der Waals surface area contributed by atoms with Gasteiger partial charge < -0.3 is 4.90 Å². The van der Waals surface area contributed by atoms with Crippen molar-refractivity contribution in [3.8, 4) is 5.95 Å². The molecule has 0 amide bonds. The van der Waals surface area contributed by atoms with E-state index >= 15 is 0 Å². The predicted molar refractivity (Wildman–Crippen MR) is 88.2 cm³/mol. The molecule has 0 aliphatic carbocycles. The molecule has 1 aliphatic heterocycles. The molecule has 1 saturated heterocycles. The van der Waals surface area contributed by atoms with Gasteiger partial charge in [0.2, 0.25) is 11.7 Å². The molecule has 0 aromatic carbocycles. The fraction of sp³-hybridized carbons (Fsp3) is 0.588. The summed E-state index contributed by atoms with van der Waals surface area (Å²) in [6.07, 6.45) is 7.91. The topological polar surface area (TPSA) is 68.0 Å². The van der Waals surface area contributed by atoms with E-state index in [1.807, 2.05) is 24.5 Å². The Hall–Kier alpha value is -1.95. The Kier molecular flexibility index (Phi) is 4.91. The van der Waals surface area contributed by atoms with Gasteiger partial charge in [0.25, 0.3) is 0 Å². The Morgan fingerprint density at radius 2 is 1.91 bits per heavy atom. The van der Waals surface area contributed by atoms with Gasteiger partial charge in [-0.15, -0.1) is 0 Å². The molecule has 1 fully saturated rings. The number of quaternary nitrogens is 1. The van der Waals surface area contributed by atoms with E-state index in [9.17, 15) is 4.79 Å². The van der Waals surface area contributed by atoms with Gasteiger partial charge in [0.15, 0.2) is 0 Å². The van der Waals surface area contributed by atoms with Crippen molar-refractivity contribution in [1.82, 2.24) is 19.7 Å². The molecule has 23 heavy (non-hydrogen) atoms. The van der Waals surface area contributed by atoms with Crippen LogP contribution in [-0.4, -0.2) is 45.2 Å². The van der Waals surface area contributed by atoms with Gasteiger partial charge in [-0.1, -0.05) is 6.42 Å². The minimum absolute atomic E-state index is 0.236. The van der Waals surface area contributed by atoms with Gasteiger partial charge in [-0.3, -0.25) is 9.36 Å². The second-order valence-electron chi connectivity index (χ2n) is 6.55. The SMILES string of the molecule is Cc1cc(C(=O)C[NH+]2CCCCCCC2)c(C)n1-c1ncn[nH]1. The molecular formula is C17H26N5O+. The van der Waals surface area contributed by atoms with Crippen LogP contribution < -0.4 is 4.90 Å². The van der Waals surface area contributed by atoms with E-state index < -0.39 is 0 Å². The van der Waals surface area contributed by atoms with E-state index in [0.29, 0.717) is 12.5 Å². The first kappa shape index (κ1) is 15.9. The lowest BCUT2D eigenvalue weighted by Gasteiger charge is -2.21. The number of ketones is 1. The number of carbonyl (C=O) groups excluding carboxylic acids is 1. The Bertz CT molecular complexity index is 651. The average Bonchev–Trinajstić information content (AvgIpc) is 3.09. The minimum Gasteiger partial charge on any atom is -0.328 e. The standard InChI is InChI=1S/C17H25N5O/c1-13-10-15(14(2)22(13)17-18-12-19-20-17)16(23)11-21-8-6-4-3-5-7-9-21/h10,12H,3-9,11H2,1-2H3,(H,18,19,20)/p+1. The van der Waals surface area contributed by atoms with Crippen LogP contribution in [0.25, 0.3) is 5.95 Å². The summed E-state index contributed by atoms with van der Waals surface area (Å²) in [4.78, 5) is 18.4. The summed E-state index contributed by atoms with van der Waals surface area (Å²) in [5.74, 6) is 0.900. The third-order valence-corrected chi connectivity index (χ3v) is 4.82. The van der Waals surface area contributed by atoms with Crippen LogP contribution in [0.15, 0.2) is 12.4 Å². The van der Waals surface area contributed by atoms with Gasteiger partial charge >= 0.3 is 0 Å². The second kappa shape index (κ2) is 7.08. The van der Waals surface area contributed by atoms with Crippen LogP contribution in [0, 0.1) is 13.8 Å². The molecule has 6 heteroatoms. The third-order valence-electron chi connectivity index (χ3n) is 4.82. The zero-order valence-electron chi connectivity index (χ0n) is 14.1. The highest BCUT2D eigenvalue weighted by atomic mass is 16.1. The molecule has 2 N–H and O–H groups in total. The summed E-state index contributed by atoms with van der Waals surface area (Å²) >= 11 is 0. The molecular weight excluding hydrogens is 290 g/mol. The number of carbonyl (C=O) groups is 1. The van der Waals surface area contributed by atoms with E-state index in [-0.39, 0.29) is 5.78 Å². The number of H-pyrrole nitrogens is 1. The molecule has 2 aromatic rings. The molecule has 3 rings (SSSR count). The summed E-state index contributed by atoms with van der Waals surface area (Å²) < 4.78 is 1.96. The first-order chi connectivity index (χ1) is 11.2. The number of aromatic nitrogens is 4. The predicted octanol–water partition coefficient (Wildman–Crippen LogP) is 1.24. The van der Waals surface area contributed by atoms with Gasteiger partial charge in [0.1, 0.15) is 12.9 Å². The molecule has 3 heterocycles. The van der Waals surface area contributed by atoms with Crippen LogP contribution >= 0.6 is 0 Å². The maximum absolute atomic E-state index is 12.8. The molecule has 1 aliphatic rings. The van der Waals surface area contributed by atoms with E-state index in [0.717, 1.165) is 30.0 Å². The Balaban J connectivity index is 1.76. The number of hydrogen-bond donors (Lipinski definition) is 2. The van der Waals surface area contributed by atoms with Crippen molar-refractivity contribution in [3.63, 3.8) is 0 Å². The molecule has 0 saturated carbocycles. The van der Waals surface area contributed by atoms with E-state index in [4.69, 9.17) is 0 Å². The van der Waals surface area contributed by atoms with Crippen LogP contribution in [0.5, 0.6) is 0 Å². The van der Waals surface area contributed by atoms with E-state index in [1.54, 1.807) is 0 Å². The van der Waals surface area contributed by atoms with Crippen LogP contribution in [0.4, 0.5) is 0 Å². The van der Waals surface area contributed by atoms with Crippen LogP contribution in [0.2, 0.25) is 0 Å². The van der Waals surface area contributed by atoms with Gasteiger partial charge in [0.05, 0.1) is 13.1 Å². The first-order valence-corrected chi connectivity index (χ1v) is 8.58. The van der Waals surface area contributed by atoms with Crippen molar-refractivity contribution >= 4 is 5.78 Å². The molecule has 0 unspecified atom stereocenters. The quantitative estimate of drug-likeness (QED) is 0.834. The second-order valence-corrected chi connectivity index (χ2v) is 6.55. The summed E-state index contributed by atoms with van der Waals surface area (Å²) in [5, 5.41) is 6.77. The van der Waals surface area contributed by atoms with Crippen molar-refractivity contribution in [2.75, 3.05) is 19.6 Å². The minimum atomic E-state index is 0.236. The zero-order chi connectivity index (χ0) is 16.2. The monoisotopic (exact) mass is 316 g/mol. The first-order valence-electron chi connectivity index (χ1n) is 8.58. The van der Waals surface area contributed by atoms with Gasteiger partial charge in [0, 0.05) is 17.0 Å². The summed E-state index contributed by atoms with van der Waals surface area (Å²) in [6, 6.07) is 1.98. The Morgan fingerprint density at radius 1 is 1.22 bits per heavy atom. The highest BCUT2D eigenvalue weighted by molar-refractivity contribution is 5.98. The Morgan fingerprint density at radius 3 is 2.57 bits per heavy atom. The lowest BCUT2D eigenvalue weighted by atomic mass is 10.1. The molecule has 6 nitrogen and oxygen atoms in total.